The van der Waals surface area contributed by atoms with E-state index in [4.69, 9.17) is 21.7 Å². The molecule has 3 aromatic rings. The number of aromatic amines is 1. The number of rotatable bonds is 5. The van der Waals surface area contributed by atoms with Crippen molar-refractivity contribution >= 4 is 12.2 Å². The highest BCUT2D eigenvalue weighted by Gasteiger charge is 2.10. The highest BCUT2D eigenvalue weighted by Crippen LogP contribution is 2.32. The van der Waals surface area contributed by atoms with Crippen molar-refractivity contribution in [3.8, 4) is 28.4 Å². The Hall–Kier alpha value is -2.53. The Kier molecular flexibility index (Phi) is 4.95. The quantitative estimate of drug-likeness (QED) is 0.628. The average Bonchev–Trinajstić information content (AvgIpc) is 3.02. The largest absolute Gasteiger partial charge is 0.493 e. The van der Waals surface area contributed by atoms with Crippen molar-refractivity contribution in [2.45, 2.75) is 19.8 Å². The fourth-order valence-electron chi connectivity index (χ4n) is 2.76. The first kappa shape index (κ1) is 17.3. The molecule has 0 aliphatic rings. The number of ether oxygens (including phenoxy) is 2. The van der Waals surface area contributed by atoms with E-state index in [0.717, 1.165) is 16.9 Å². The van der Waals surface area contributed by atoms with Crippen molar-refractivity contribution in [2.75, 3.05) is 14.2 Å². The van der Waals surface area contributed by atoms with Crippen molar-refractivity contribution in [3.63, 3.8) is 0 Å². The van der Waals surface area contributed by atoms with Gasteiger partial charge in [0.05, 0.1) is 19.9 Å². The molecule has 0 aliphatic carbocycles. The van der Waals surface area contributed by atoms with E-state index in [1.165, 1.54) is 5.56 Å². The second kappa shape index (κ2) is 7.15. The van der Waals surface area contributed by atoms with Crippen LogP contribution in [0.25, 0.3) is 16.9 Å². The van der Waals surface area contributed by atoms with Gasteiger partial charge in [-0.05, 0) is 54.0 Å². The fraction of sp³-hybridized carbons (Fsp3) is 0.250. The lowest BCUT2D eigenvalue weighted by Crippen LogP contribution is -1.93. The van der Waals surface area contributed by atoms with E-state index < -0.39 is 0 Å². The molecule has 0 radical (unpaired) electrons. The number of H-pyrrole nitrogens is 1. The van der Waals surface area contributed by atoms with Crippen LogP contribution in [0.15, 0.2) is 48.7 Å². The van der Waals surface area contributed by atoms with Gasteiger partial charge in [0, 0.05) is 17.4 Å². The predicted molar refractivity (Wildman–Crippen MR) is 104 cm³/mol. The van der Waals surface area contributed by atoms with Gasteiger partial charge in [0.2, 0.25) is 0 Å². The van der Waals surface area contributed by atoms with E-state index in [9.17, 15) is 0 Å². The van der Waals surface area contributed by atoms with Crippen LogP contribution in [0.4, 0.5) is 0 Å². The Bertz CT molecular complexity index is 924. The molecule has 130 valence electrons. The molecule has 0 bridgehead atoms. The van der Waals surface area contributed by atoms with E-state index in [2.05, 4.69) is 43.1 Å². The first-order valence-electron chi connectivity index (χ1n) is 8.18. The monoisotopic (exact) mass is 354 g/mol. The van der Waals surface area contributed by atoms with E-state index >= 15 is 0 Å². The molecule has 1 aromatic heterocycles. The number of benzene rings is 2. The van der Waals surface area contributed by atoms with Crippen molar-refractivity contribution < 1.29 is 9.47 Å². The van der Waals surface area contributed by atoms with Crippen LogP contribution in [0, 0.1) is 4.77 Å². The number of nitrogens with one attached hydrogen (secondary N) is 1. The van der Waals surface area contributed by atoms with Crippen molar-refractivity contribution in [1.82, 2.24) is 9.55 Å². The highest BCUT2D eigenvalue weighted by atomic mass is 32.1. The van der Waals surface area contributed by atoms with Gasteiger partial charge in [-0.25, -0.2) is 0 Å². The standard InChI is InChI=1S/C20H22N2O2S/c1-13(2)14-5-8-16(9-6-14)22-12-17(21-20(22)25)15-7-10-18(23-3)19(11-15)24-4/h5-13H,1-4H3,(H,21,25). The minimum Gasteiger partial charge on any atom is -0.493 e. The summed E-state index contributed by atoms with van der Waals surface area (Å²) in [6.45, 7) is 4.37. The molecule has 0 saturated carbocycles. The second-order valence-electron chi connectivity index (χ2n) is 6.16. The lowest BCUT2D eigenvalue weighted by Gasteiger charge is -2.08. The molecule has 25 heavy (non-hydrogen) atoms. The van der Waals surface area contributed by atoms with Gasteiger partial charge in [-0.1, -0.05) is 26.0 Å². The maximum atomic E-state index is 5.50. The molecule has 4 nitrogen and oxygen atoms in total. The summed E-state index contributed by atoms with van der Waals surface area (Å²) in [5.74, 6) is 1.90. The summed E-state index contributed by atoms with van der Waals surface area (Å²) >= 11 is 5.50. The number of aromatic nitrogens is 2. The Morgan fingerprint density at radius 2 is 1.64 bits per heavy atom. The molecule has 1 N–H and O–H groups in total. The summed E-state index contributed by atoms with van der Waals surface area (Å²) in [7, 11) is 3.26. The van der Waals surface area contributed by atoms with E-state index in [-0.39, 0.29) is 0 Å². The smallest absolute Gasteiger partial charge is 0.182 e. The van der Waals surface area contributed by atoms with Crippen molar-refractivity contribution in [3.05, 3.63) is 59.0 Å². The lowest BCUT2D eigenvalue weighted by molar-refractivity contribution is 0.355. The molecule has 0 aliphatic heterocycles. The third kappa shape index (κ3) is 3.46. The SMILES string of the molecule is COc1ccc(-c2cn(-c3ccc(C(C)C)cc3)c(=S)[nH]2)cc1OC. The van der Waals surface area contributed by atoms with E-state index in [1.807, 2.05) is 29.0 Å². The second-order valence-corrected chi connectivity index (χ2v) is 6.55. The normalized spacial score (nSPS) is 10.9. The predicted octanol–water partition coefficient (Wildman–Crippen LogP) is 5.34. The maximum absolute atomic E-state index is 5.50. The molecule has 2 aromatic carbocycles. The Morgan fingerprint density at radius 1 is 0.960 bits per heavy atom. The van der Waals surface area contributed by atoms with Crippen LogP contribution >= 0.6 is 12.2 Å². The Balaban J connectivity index is 1.99. The third-order valence-corrected chi connectivity index (χ3v) is 4.55. The van der Waals surface area contributed by atoms with E-state index in [0.29, 0.717) is 22.2 Å². The summed E-state index contributed by atoms with van der Waals surface area (Å²) in [6, 6.07) is 14.3. The van der Waals surface area contributed by atoms with E-state index in [1.54, 1.807) is 14.2 Å². The maximum Gasteiger partial charge on any atom is 0.182 e. The number of hydrogen-bond donors (Lipinski definition) is 1. The first-order valence-corrected chi connectivity index (χ1v) is 8.58. The van der Waals surface area contributed by atoms with Crippen LogP contribution in [-0.2, 0) is 0 Å². The van der Waals surface area contributed by atoms with Crippen molar-refractivity contribution in [2.24, 2.45) is 0 Å². The van der Waals surface area contributed by atoms with Crippen LogP contribution in [0.2, 0.25) is 0 Å². The van der Waals surface area contributed by atoms with Crippen molar-refractivity contribution in [1.29, 1.82) is 0 Å². The average molecular weight is 354 g/mol. The molecule has 0 unspecified atom stereocenters. The fourth-order valence-corrected chi connectivity index (χ4v) is 3.03. The molecule has 0 amide bonds. The van der Waals surface area contributed by atoms with Gasteiger partial charge >= 0.3 is 0 Å². The van der Waals surface area contributed by atoms with Gasteiger partial charge in [0.15, 0.2) is 16.3 Å². The van der Waals surface area contributed by atoms with Crippen LogP contribution < -0.4 is 9.47 Å². The lowest BCUT2D eigenvalue weighted by atomic mass is 10.0. The highest BCUT2D eigenvalue weighted by molar-refractivity contribution is 7.71. The summed E-state index contributed by atoms with van der Waals surface area (Å²) in [4.78, 5) is 3.27. The van der Waals surface area contributed by atoms with Crippen LogP contribution in [0.3, 0.4) is 0 Å². The minimum atomic E-state index is 0.510. The molecule has 0 spiro atoms. The molecular weight excluding hydrogens is 332 g/mol. The molecular formula is C20H22N2O2S. The van der Waals surface area contributed by atoms with Crippen LogP contribution in [0.1, 0.15) is 25.3 Å². The summed E-state index contributed by atoms with van der Waals surface area (Å²) < 4.78 is 13.3. The zero-order valence-electron chi connectivity index (χ0n) is 14.9. The van der Waals surface area contributed by atoms with Gasteiger partial charge in [0.1, 0.15) is 0 Å². The summed E-state index contributed by atoms with van der Waals surface area (Å²) in [6.07, 6.45) is 2.01. The van der Waals surface area contributed by atoms with Gasteiger partial charge in [0.25, 0.3) is 0 Å². The Morgan fingerprint density at radius 3 is 2.24 bits per heavy atom. The molecule has 3 rings (SSSR count). The topological polar surface area (TPSA) is 39.2 Å². The molecule has 0 fully saturated rings. The van der Waals surface area contributed by atoms with Gasteiger partial charge in [-0.15, -0.1) is 0 Å². The zero-order valence-corrected chi connectivity index (χ0v) is 15.7. The minimum absolute atomic E-state index is 0.510. The van der Waals surface area contributed by atoms with Gasteiger partial charge in [-0.3, -0.25) is 4.57 Å². The zero-order chi connectivity index (χ0) is 18.0. The number of hydrogen-bond acceptors (Lipinski definition) is 3. The number of imidazole rings is 1. The first-order chi connectivity index (χ1) is 12.0. The molecule has 1 heterocycles. The Labute approximate surface area is 153 Å². The molecule has 0 atom stereocenters. The third-order valence-electron chi connectivity index (χ3n) is 4.25. The van der Waals surface area contributed by atoms with Crippen LogP contribution in [-0.4, -0.2) is 23.8 Å². The molecule has 5 heteroatoms. The van der Waals surface area contributed by atoms with Crippen LogP contribution in [0.5, 0.6) is 11.5 Å². The summed E-state index contributed by atoms with van der Waals surface area (Å²) in [5, 5.41) is 0. The van der Waals surface area contributed by atoms with Gasteiger partial charge < -0.3 is 14.5 Å². The number of nitrogens with zero attached hydrogens (tertiary/aromatic N) is 1. The summed E-state index contributed by atoms with van der Waals surface area (Å²) in [5.41, 5.74) is 4.27. The molecule has 0 saturated heterocycles. The van der Waals surface area contributed by atoms with Gasteiger partial charge in [-0.2, -0.15) is 0 Å². The number of methoxy groups -OCH3 is 2.